The van der Waals surface area contributed by atoms with Gasteiger partial charge in [-0.3, -0.25) is 4.79 Å². The van der Waals surface area contributed by atoms with Crippen molar-refractivity contribution in [2.24, 2.45) is 0 Å². The predicted octanol–water partition coefficient (Wildman–Crippen LogP) is 3.87. The summed E-state index contributed by atoms with van der Waals surface area (Å²) in [4.78, 5) is 12.1. The van der Waals surface area contributed by atoms with Gasteiger partial charge in [0.15, 0.2) is 5.78 Å². The van der Waals surface area contributed by atoms with Crippen molar-refractivity contribution in [3.8, 4) is 0 Å². The molecule has 0 amide bonds. The zero-order chi connectivity index (χ0) is 13.1. The van der Waals surface area contributed by atoms with Crippen LogP contribution in [-0.4, -0.2) is 5.78 Å². The summed E-state index contributed by atoms with van der Waals surface area (Å²) in [6.45, 7) is 3.80. The van der Waals surface area contributed by atoms with Gasteiger partial charge in [0.2, 0.25) is 0 Å². The number of hydrogen-bond acceptors (Lipinski definition) is 1. The minimum atomic E-state index is -0.265. The number of halogens is 1. The molecular formula is C16H15FO. The van der Waals surface area contributed by atoms with Crippen molar-refractivity contribution in [2.45, 2.75) is 20.3 Å². The molecule has 0 saturated carbocycles. The third-order valence-electron chi connectivity index (χ3n) is 3.03. The summed E-state index contributed by atoms with van der Waals surface area (Å²) in [5.74, 6) is -0.205. The fraction of sp³-hybridized carbons (Fsp3) is 0.188. The van der Waals surface area contributed by atoms with E-state index in [0.29, 0.717) is 12.0 Å². The number of hydrogen-bond donors (Lipinski definition) is 0. The van der Waals surface area contributed by atoms with E-state index in [1.54, 1.807) is 6.07 Å². The van der Waals surface area contributed by atoms with Crippen LogP contribution < -0.4 is 0 Å². The SMILES string of the molecule is Cc1ccc(C(=O)Cc2ccc(F)cc2C)cc1. The topological polar surface area (TPSA) is 17.1 Å². The standard InChI is InChI=1S/C16H15FO/c1-11-3-5-13(6-4-11)16(18)10-14-7-8-15(17)9-12(14)2/h3-9H,10H2,1-2H3. The minimum absolute atomic E-state index is 0.0599. The van der Waals surface area contributed by atoms with Gasteiger partial charge in [-0.05, 0) is 37.1 Å². The van der Waals surface area contributed by atoms with Gasteiger partial charge in [-0.1, -0.05) is 35.9 Å². The average molecular weight is 242 g/mol. The minimum Gasteiger partial charge on any atom is -0.294 e. The molecule has 0 fully saturated rings. The first-order valence-electron chi connectivity index (χ1n) is 5.91. The van der Waals surface area contributed by atoms with E-state index in [0.717, 1.165) is 16.7 Å². The van der Waals surface area contributed by atoms with Crippen molar-refractivity contribution in [1.82, 2.24) is 0 Å². The summed E-state index contributed by atoms with van der Waals surface area (Å²) in [5, 5.41) is 0. The van der Waals surface area contributed by atoms with Crippen LogP contribution in [0.4, 0.5) is 4.39 Å². The lowest BCUT2D eigenvalue weighted by molar-refractivity contribution is 0.0992. The van der Waals surface area contributed by atoms with Gasteiger partial charge in [-0.25, -0.2) is 4.39 Å². The normalized spacial score (nSPS) is 10.4. The first-order valence-corrected chi connectivity index (χ1v) is 5.91. The predicted molar refractivity (Wildman–Crippen MR) is 70.4 cm³/mol. The van der Waals surface area contributed by atoms with Gasteiger partial charge in [0, 0.05) is 12.0 Å². The number of ketones is 1. The Balaban J connectivity index is 2.18. The highest BCUT2D eigenvalue weighted by Crippen LogP contribution is 2.14. The molecule has 0 bridgehead atoms. The number of aryl methyl sites for hydroxylation is 2. The summed E-state index contributed by atoms with van der Waals surface area (Å²) in [5.41, 5.74) is 3.52. The molecule has 0 atom stereocenters. The Morgan fingerprint density at radius 3 is 2.33 bits per heavy atom. The van der Waals surface area contributed by atoms with Crippen molar-refractivity contribution < 1.29 is 9.18 Å². The highest BCUT2D eigenvalue weighted by atomic mass is 19.1. The molecule has 2 rings (SSSR count). The molecule has 2 aromatic carbocycles. The lowest BCUT2D eigenvalue weighted by Crippen LogP contribution is -2.05. The molecule has 2 aromatic rings. The van der Waals surface area contributed by atoms with Gasteiger partial charge >= 0.3 is 0 Å². The van der Waals surface area contributed by atoms with E-state index in [2.05, 4.69) is 0 Å². The molecule has 0 aliphatic heterocycles. The van der Waals surface area contributed by atoms with E-state index < -0.39 is 0 Å². The largest absolute Gasteiger partial charge is 0.294 e. The second-order valence-corrected chi connectivity index (χ2v) is 4.54. The Labute approximate surface area is 106 Å². The van der Waals surface area contributed by atoms with Crippen LogP contribution in [0.2, 0.25) is 0 Å². The van der Waals surface area contributed by atoms with Gasteiger partial charge in [0.05, 0.1) is 0 Å². The highest BCUT2D eigenvalue weighted by molar-refractivity contribution is 5.97. The molecule has 0 heterocycles. The first kappa shape index (κ1) is 12.5. The third kappa shape index (κ3) is 2.83. The zero-order valence-electron chi connectivity index (χ0n) is 10.5. The molecule has 0 radical (unpaired) electrons. The summed E-state index contributed by atoms with van der Waals surface area (Å²) in [6, 6.07) is 12.0. The zero-order valence-corrected chi connectivity index (χ0v) is 10.5. The van der Waals surface area contributed by atoms with E-state index in [4.69, 9.17) is 0 Å². The van der Waals surface area contributed by atoms with Crippen LogP contribution in [0, 0.1) is 19.7 Å². The van der Waals surface area contributed by atoms with Crippen LogP contribution in [-0.2, 0) is 6.42 Å². The van der Waals surface area contributed by atoms with Crippen LogP contribution in [0.5, 0.6) is 0 Å². The van der Waals surface area contributed by atoms with Crippen LogP contribution in [0.15, 0.2) is 42.5 Å². The Bertz CT molecular complexity index is 570. The molecule has 2 heteroatoms. The summed E-state index contributed by atoms with van der Waals surface area (Å²) in [7, 11) is 0. The Morgan fingerprint density at radius 1 is 1.06 bits per heavy atom. The van der Waals surface area contributed by atoms with Crippen molar-refractivity contribution in [2.75, 3.05) is 0 Å². The molecule has 0 N–H and O–H groups in total. The quantitative estimate of drug-likeness (QED) is 0.747. The van der Waals surface area contributed by atoms with Gasteiger partial charge in [-0.2, -0.15) is 0 Å². The monoisotopic (exact) mass is 242 g/mol. The maximum absolute atomic E-state index is 13.0. The summed E-state index contributed by atoms with van der Waals surface area (Å²) in [6.07, 6.45) is 0.315. The van der Waals surface area contributed by atoms with E-state index in [-0.39, 0.29) is 11.6 Å². The van der Waals surface area contributed by atoms with Crippen LogP contribution >= 0.6 is 0 Å². The molecule has 0 aromatic heterocycles. The van der Waals surface area contributed by atoms with Crippen molar-refractivity contribution in [3.05, 3.63) is 70.5 Å². The van der Waals surface area contributed by atoms with Crippen LogP contribution in [0.25, 0.3) is 0 Å². The van der Waals surface area contributed by atoms with Gasteiger partial charge in [0.1, 0.15) is 5.82 Å². The average Bonchev–Trinajstić information content (AvgIpc) is 2.33. The lowest BCUT2D eigenvalue weighted by Gasteiger charge is -2.05. The maximum atomic E-state index is 13.0. The number of benzene rings is 2. The molecule has 0 saturated heterocycles. The molecule has 0 unspecified atom stereocenters. The summed E-state index contributed by atoms with van der Waals surface area (Å²) >= 11 is 0. The Kier molecular flexibility index (Phi) is 3.56. The van der Waals surface area contributed by atoms with Crippen molar-refractivity contribution in [3.63, 3.8) is 0 Å². The Hall–Kier alpha value is -1.96. The molecule has 0 spiro atoms. The van der Waals surface area contributed by atoms with Gasteiger partial charge in [0.25, 0.3) is 0 Å². The smallest absolute Gasteiger partial charge is 0.167 e. The van der Waals surface area contributed by atoms with E-state index in [9.17, 15) is 9.18 Å². The second-order valence-electron chi connectivity index (χ2n) is 4.54. The first-order chi connectivity index (χ1) is 8.56. The molecular weight excluding hydrogens is 227 g/mol. The molecule has 92 valence electrons. The number of Topliss-reactive ketones (excluding diaryl/α,β-unsaturated/α-hetero) is 1. The van der Waals surface area contributed by atoms with E-state index in [1.165, 1.54) is 12.1 Å². The number of carbonyl (C=O) groups excluding carboxylic acids is 1. The summed E-state index contributed by atoms with van der Waals surface area (Å²) < 4.78 is 13.0. The molecule has 0 aliphatic carbocycles. The Morgan fingerprint density at radius 2 is 1.72 bits per heavy atom. The van der Waals surface area contributed by atoms with Gasteiger partial charge in [-0.15, -0.1) is 0 Å². The van der Waals surface area contributed by atoms with E-state index in [1.807, 2.05) is 38.1 Å². The van der Waals surface area contributed by atoms with Gasteiger partial charge < -0.3 is 0 Å². The number of rotatable bonds is 3. The maximum Gasteiger partial charge on any atom is 0.167 e. The van der Waals surface area contributed by atoms with Crippen LogP contribution in [0.3, 0.4) is 0 Å². The fourth-order valence-corrected chi connectivity index (χ4v) is 1.87. The second kappa shape index (κ2) is 5.13. The molecule has 18 heavy (non-hydrogen) atoms. The lowest BCUT2D eigenvalue weighted by atomic mass is 9.99. The highest BCUT2D eigenvalue weighted by Gasteiger charge is 2.09. The van der Waals surface area contributed by atoms with E-state index >= 15 is 0 Å². The molecule has 1 nitrogen and oxygen atoms in total. The fourth-order valence-electron chi connectivity index (χ4n) is 1.87. The molecule has 0 aliphatic rings. The number of carbonyl (C=O) groups is 1. The third-order valence-corrected chi connectivity index (χ3v) is 3.03. The van der Waals surface area contributed by atoms with Crippen molar-refractivity contribution in [1.29, 1.82) is 0 Å². The van der Waals surface area contributed by atoms with Crippen LogP contribution in [0.1, 0.15) is 27.0 Å². The van der Waals surface area contributed by atoms with Crippen molar-refractivity contribution >= 4 is 5.78 Å².